The molecular weight excluding hydrogens is 468 g/mol. The first-order valence-corrected chi connectivity index (χ1v) is 9.14. The monoisotopic (exact) mass is 483 g/mol. The van der Waals surface area contributed by atoms with E-state index in [9.17, 15) is 35.9 Å². The van der Waals surface area contributed by atoms with Gasteiger partial charge in [0.1, 0.15) is 11.8 Å². The molecule has 0 fully saturated rings. The molecule has 0 saturated heterocycles. The standard InChI is InChI=1S/C20H16ClF6NO4/c1-31-16-4-3-10(5-14(16)21)6-15(18(30)32-2)28-17(29)11-7-12(19(22,23)24)9-13(8-11)20(25,26)27/h3-5,7-9,15H,6H2,1-2H3,(H,28,29)/t15-/m1/s1. The summed E-state index contributed by atoms with van der Waals surface area (Å²) in [5, 5.41) is 2.30. The average Bonchev–Trinajstić information content (AvgIpc) is 2.71. The Hall–Kier alpha value is -2.95. The number of nitrogens with one attached hydrogen (secondary N) is 1. The molecule has 1 amide bonds. The number of carbonyl (C=O) groups excluding carboxylic acids is 2. The van der Waals surface area contributed by atoms with Gasteiger partial charge in [-0.3, -0.25) is 4.79 Å². The number of carbonyl (C=O) groups is 2. The first-order chi connectivity index (χ1) is 14.8. The van der Waals surface area contributed by atoms with Gasteiger partial charge in [-0.2, -0.15) is 26.3 Å². The van der Waals surface area contributed by atoms with Crippen LogP contribution in [0.15, 0.2) is 36.4 Å². The topological polar surface area (TPSA) is 64.6 Å². The summed E-state index contributed by atoms with van der Waals surface area (Å²) in [4.78, 5) is 24.6. The van der Waals surface area contributed by atoms with Crippen LogP contribution < -0.4 is 10.1 Å². The van der Waals surface area contributed by atoms with Crippen LogP contribution in [0.1, 0.15) is 27.0 Å². The van der Waals surface area contributed by atoms with Gasteiger partial charge < -0.3 is 14.8 Å². The van der Waals surface area contributed by atoms with Crippen LogP contribution in [0.25, 0.3) is 0 Å². The van der Waals surface area contributed by atoms with Crippen molar-refractivity contribution < 1.29 is 45.4 Å². The predicted molar refractivity (Wildman–Crippen MR) is 101 cm³/mol. The second-order valence-electron chi connectivity index (χ2n) is 6.52. The Balaban J connectivity index is 2.37. The number of rotatable bonds is 6. The van der Waals surface area contributed by atoms with E-state index in [-0.39, 0.29) is 29.6 Å². The maximum absolute atomic E-state index is 13.0. The minimum Gasteiger partial charge on any atom is -0.495 e. The first kappa shape index (κ1) is 25.3. The van der Waals surface area contributed by atoms with Gasteiger partial charge in [-0.05, 0) is 35.9 Å². The molecular formula is C20H16ClF6NO4. The summed E-state index contributed by atoms with van der Waals surface area (Å²) in [5.41, 5.74) is -3.82. The van der Waals surface area contributed by atoms with Gasteiger partial charge in [-0.25, -0.2) is 4.79 Å². The summed E-state index contributed by atoms with van der Waals surface area (Å²) in [7, 11) is 2.39. The van der Waals surface area contributed by atoms with Crippen molar-refractivity contribution >= 4 is 23.5 Å². The number of alkyl halides is 6. The van der Waals surface area contributed by atoms with Crippen molar-refractivity contribution in [3.8, 4) is 5.75 Å². The van der Waals surface area contributed by atoms with Gasteiger partial charge in [0.2, 0.25) is 0 Å². The second kappa shape index (κ2) is 9.68. The normalized spacial score (nSPS) is 12.8. The lowest BCUT2D eigenvalue weighted by Crippen LogP contribution is -2.43. The van der Waals surface area contributed by atoms with E-state index >= 15 is 0 Å². The van der Waals surface area contributed by atoms with Gasteiger partial charge in [0.05, 0.1) is 30.4 Å². The van der Waals surface area contributed by atoms with Crippen molar-refractivity contribution in [1.82, 2.24) is 5.32 Å². The summed E-state index contributed by atoms with van der Waals surface area (Å²) in [6, 6.07) is 3.44. The van der Waals surface area contributed by atoms with Crippen molar-refractivity contribution in [2.24, 2.45) is 0 Å². The second-order valence-corrected chi connectivity index (χ2v) is 6.92. The molecule has 0 saturated carbocycles. The fourth-order valence-corrected chi connectivity index (χ4v) is 3.02. The molecule has 0 spiro atoms. The van der Waals surface area contributed by atoms with Crippen LogP contribution in [-0.4, -0.2) is 32.1 Å². The molecule has 0 aliphatic carbocycles. The lowest BCUT2D eigenvalue weighted by Gasteiger charge is -2.18. The third-order valence-corrected chi connectivity index (χ3v) is 4.59. The molecule has 32 heavy (non-hydrogen) atoms. The smallest absolute Gasteiger partial charge is 0.416 e. The predicted octanol–water partition coefficient (Wildman–Crippen LogP) is 4.90. The fourth-order valence-electron chi connectivity index (χ4n) is 2.74. The molecule has 1 N–H and O–H groups in total. The Kier molecular flexibility index (Phi) is 7.66. The molecule has 0 bridgehead atoms. The number of ether oxygens (including phenoxy) is 2. The van der Waals surface area contributed by atoms with Gasteiger partial charge in [0.15, 0.2) is 0 Å². The van der Waals surface area contributed by atoms with Crippen LogP contribution in [0.4, 0.5) is 26.3 Å². The summed E-state index contributed by atoms with van der Waals surface area (Å²) in [6.45, 7) is 0. The van der Waals surface area contributed by atoms with Crippen LogP contribution in [0.3, 0.4) is 0 Å². The van der Waals surface area contributed by atoms with E-state index in [4.69, 9.17) is 16.3 Å². The van der Waals surface area contributed by atoms with E-state index in [1.165, 1.54) is 25.3 Å². The maximum atomic E-state index is 13.0. The van der Waals surface area contributed by atoms with Gasteiger partial charge >= 0.3 is 18.3 Å². The number of hydrogen-bond acceptors (Lipinski definition) is 4. The molecule has 0 aliphatic rings. The Bertz CT molecular complexity index is 974. The van der Waals surface area contributed by atoms with E-state index in [1.54, 1.807) is 0 Å². The molecule has 0 aliphatic heterocycles. The third kappa shape index (κ3) is 6.28. The highest BCUT2D eigenvalue weighted by atomic mass is 35.5. The summed E-state index contributed by atoms with van der Waals surface area (Å²) in [5.74, 6) is -1.96. The average molecular weight is 484 g/mol. The Morgan fingerprint density at radius 3 is 1.97 bits per heavy atom. The van der Waals surface area contributed by atoms with Crippen LogP contribution in [0, 0.1) is 0 Å². The zero-order chi connectivity index (χ0) is 24.3. The van der Waals surface area contributed by atoms with Gasteiger partial charge in [0.25, 0.3) is 5.91 Å². The lowest BCUT2D eigenvalue weighted by atomic mass is 10.0. The van der Waals surface area contributed by atoms with E-state index < -0.39 is 47.0 Å². The number of methoxy groups -OCH3 is 2. The van der Waals surface area contributed by atoms with E-state index in [0.717, 1.165) is 7.11 Å². The maximum Gasteiger partial charge on any atom is 0.416 e. The van der Waals surface area contributed by atoms with Crippen LogP contribution in [0.2, 0.25) is 5.02 Å². The molecule has 0 aromatic heterocycles. The largest absolute Gasteiger partial charge is 0.495 e. The number of esters is 1. The molecule has 2 rings (SSSR count). The van der Waals surface area contributed by atoms with Crippen molar-refractivity contribution in [1.29, 1.82) is 0 Å². The Labute approximate surface area is 183 Å². The third-order valence-electron chi connectivity index (χ3n) is 4.30. The van der Waals surface area contributed by atoms with E-state index in [1.807, 2.05) is 0 Å². The molecule has 2 aromatic carbocycles. The summed E-state index contributed by atoms with van der Waals surface area (Å²) in [6.07, 6.45) is -10.5. The van der Waals surface area contributed by atoms with Gasteiger partial charge in [0, 0.05) is 12.0 Å². The molecule has 5 nitrogen and oxygen atoms in total. The Morgan fingerprint density at radius 1 is 0.969 bits per heavy atom. The number of amides is 1. The minimum atomic E-state index is -5.13. The fraction of sp³-hybridized carbons (Fsp3) is 0.300. The molecule has 174 valence electrons. The molecule has 0 unspecified atom stereocenters. The molecule has 1 atom stereocenters. The minimum absolute atomic E-state index is 0.103. The number of halogens is 7. The summed E-state index contributed by atoms with van der Waals surface area (Å²) >= 11 is 6.01. The van der Waals surface area contributed by atoms with Crippen LogP contribution >= 0.6 is 11.6 Å². The number of hydrogen-bond donors (Lipinski definition) is 1. The van der Waals surface area contributed by atoms with Gasteiger partial charge in [-0.1, -0.05) is 17.7 Å². The van der Waals surface area contributed by atoms with E-state index in [0.29, 0.717) is 11.3 Å². The number of benzene rings is 2. The molecule has 2 aromatic rings. The van der Waals surface area contributed by atoms with Crippen LogP contribution in [0.5, 0.6) is 5.75 Å². The van der Waals surface area contributed by atoms with E-state index in [2.05, 4.69) is 10.1 Å². The molecule has 12 heteroatoms. The van der Waals surface area contributed by atoms with Crippen molar-refractivity contribution in [3.63, 3.8) is 0 Å². The summed E-state index contributed by atoms with van der Waals surface area (Å²) < 4.78 is 87.8. The first-order valence-electron chi connectivity index (χ1n) is 8.77. The van der Waals surface area contributed by atoms with Gasteiger partial charge in [-0.15, -0.1) is 0 Å². The highest BCUT2D eigenvalue weighted by Crippen LogP contribution is 2.36. The quantitative estimate of drug-likeness (QED) is 0.469. The highest BCUT2D eigenvalue weighted by molar-refractivity contribution is 6.32. The zero-order valence-electron chi connectivity index (χ0n) is 16.5. The highest BCUT2D eigenvalue weighted by Gasteiger charge is 2.38. The van der Waals surface area contributed by atoms with Crippen LogP contribution in [-0.2, 0) is 28.3 Å². The van der Waals surface area contributed by atoms with Crippen molar-refractivity contribution in [2.75, 3.05) is 14.2 Å². The van der Waals surface area contributed by atoms with Crippen molar-refractivity contribution in [2.45, 2.75) is 24.8 Å². The molecule has 0 heterocycles. The lowest BCUT2D eigenvalue weighted by molar-refractivity contribution is -0.144. The molecule has 0 radical (unpaired) electrons. The van der Waals surface area contributed by atoms with Crippen molar-refractivity contribution in [3.05, 3.63) is 63.7 Å². The SMILES string of the molecule is COC(=O)[C@@H](Cc1ccc(OC)c(Cl)c1)NC(=O)c1cc(C(F)(F)F)cc(C(F)(F)F)c1. The zero-order valence-corrected chi connectivity index (χ0v) is 17.3. The Morgan fingerprint density at radius 2 is 1.53 bits per heavy atom.